The van der Waals surface area contributed by atoms with Crippen LogP contribution in [-0.4, -0.2) is 37.3 Å². The minimum atomic E-state index is -0.0575. The van der Waals surface area contributed by atoms with E-state index in [1.807, 2.05) is 6.07 Å². The van der Waals surface area contributed by atoms with Gasteiger partial charge in [0.25, 0.3) is 11.7 Å². The third-order valence-corrected chi connectivity index (χ3v) is 6.56. The van der Waals surface area contributed by atoms with E-state index in [1.165, 1.54) is 11.3 Å². The number of nitrogens with zero attached hydrogens (tertiary/aromatic N) is 1. The van der Waals surface area contributed by atoms with Gasteiger partial charge in [-0.15, -0.1) is 0 Å². The standard InChI is InChI=1S/C25H29N3O4/c1-28-21-8-6-16(15-30-2)12-20(21)27-24(28)17-4-3-5-19(13-17)26-25(29)18-7-9-22-23(14-18)32-11-10-31-22/h6-9,12,14,17,19H,3-5,10-11,13,15H2,1-2H3,(H,26,29)/p+1. The van der Waals surface area contributed by atoms with Gasteiger partial charge in [-0.2, -0.15) is 0 Å². The number of nitrogens with one attached hydrogen (secondary N) is 2. The lowest BCUT2D eigenvalue weighted by molar-refractivity contribution is -0.654. The maximum Gasteiger partial charge on any atom is 0.258 e. The van der Waals surface area contributed by atoms with Crippen LogP contribution in [0.2, 0.25) is 0 Å². The maximum atomic E-state index is 12.9. The number of hydrogen-bond donors (Lipinski definition) is 2. The lowest BCUT2D eigenvalue weighted by Gasteiger charge is -2.27. The van der Waals surface area contributed by atoms with Gasteiger partial charge in [0.2, 0.25) is 0 Å². The van der Waals surface area contributed by atoms with E-state index in [-0.39, 0.29) is 11.9 Å². The average Bonchev–Trinajstić information content (AvgIpc) is 3.15. The summed E-state index contributed by atoms with van der Waals surface area (Å²) in [7, 11) is 3.83. The van der Waals surface area contributed by atoms with E-state index >= 15 is 0 Å². The summed E-state index contributed by atoms with van der Waals surface area (Å²) in [6, 6.07) is 12.0. The first kappa shape index (κ1) is 20.8. The Bertz CT molecular complexity index is 1140. The summed E-state index contributed by atoms with van der Waals surface area (Å²) < 4.78 is 18.7. The summed E-state index contributed by atoms with van der Waals surface area (Å²) in [5.41, 5.74) is 4.07. The highest BCUT2D eigenvalue weighted by atomic mass is 16.6. The Kier molecular flexibility index (Phi) is 5.74. The lowest BCUT2D eigenvalue weighted by atomic mass is 9.85. The molecule has 7 heteroatoms. The van der Waals surface area contributed by atoms with Crippen molar-refractivity contribution in [3.63, 3.8) is 0 Å². The summed E-state index contributed by atoms with van der Waals surface area (Å²) in [4.78, 5) is 16.6. The van der Waals surface area contributed by atoms with Crippen LogP contribution in [0.3, 0.4) is 0 Å². The van der Waals surface area contributed by atoms with E-state index in [0.29, 0.717) is 42.8 Å². The van der Waals surface area contributed by atoms with Crippen molar-refractivity contribution in [2.45, 2.75) is 44.2 Å². The van der Waals surface area contributed by atoms with Gasteiger partial charge in [-0.1, -0.05) is 12.5 Å². The van der Waals surface area contributed by atoms with Crippen LogP contribution >= 0.6 is 0 Å². The second kappa shape index (κ2) is 8.82. The molecule has 0 spiro atoms. The van der Waals surface area contributed by atoms with Gasteiger partial charge in [-0.3, -0.25) is 4.79 Å². The molecular weight excluding hydrogens is 406 g/mol. The highest BCUT2D eigenvalue weighted by molar-refractivity contribution is 5.95. The van der Waals surface area contributed by atoms with Crippen LogP contribution in [0.5, 0.6) is 11.5 Å². The number of aryl methyl sites for hydroxylation is 1. The lowest BCUT2D eigenvalue weighted by Crippen LogP contribution is -2.41. The Balaban J connectivity index is 1.30. The number of aromatic nitrogens is 2. The minimum absolute atomic E-state index is 0.0575. The monoisotopic (exact) mass is 436 g/mol. The van der Waals surface area contributed by atoms with Crippen molar-refractivity contribution in [3.8, 4) is 11.5 Å². The van der Waals surface area contributed by atoms with Crippen LogP contribution in [0.4, 0.5) is 0 Å². The number of carbonyl (C=O) groups excluding carboxylic acids is 1. The van der Waals surface area contributed by atoms with E-state index in [4.69, 9.17) is 14.2 Å². The van der Waals surface area contributed by atoms with Crippen molar-refractivity contribution in [1.82, 2.24) is 10.3 Å². The molecule has 7 nitrogen and oxygen atoms in total. The number of aromatic amines is 1. The first-order chi connectivity index (χ1) is 15.6. The van der Waals surface area contributed by atoms with E-state index in [0.717, 1.165) is 36.8 Å². The highest BCUT2D eigenvalue weighted by Crippen LogP contribution is 2.33. The average molecular weight is 437 g/mol. The number of fused-ring (bicyclic) bond motifs is 2. The van der Waals surface area contributed by atoms with Crippen LogP contribution in [-0.2, 0) is 18.4 Å². The second-order valence-corrected chi connectivity index (χ2v) is 8.75. The van der Waals surface area contributed by atoms with E-state index in [9.17, 15) is 4.79 Å². The number of benzene rings is 2. The fourth-order valence-electron chi connectivity index (χ4n) is 4.98. The number of ether oxygens (including phenoxy) is 3. The SMILES string of the molecule is COCc1ccc2c(c1)[nH]c(C1CCCC(NC(=O)c3ccc4c(c3)OCCO4)C1)[n+]2C. The third-order valence-electron chi connectivity index (χ3n) is 6.56. The van der Waals surface area contributed by atoms with E-state index in [2.05, 4.69) is 40.1 Å². The van der Waals surface area contributed by atoms with Gasteiger partial charge in [-0.25, -0.2) is 9.55 Å². The molecule has 2 N–H and O–H groups in total. The molecule has 1 saturated carbocycles. The van der Waals surface area contributed by atoms with Crippen LogP contribution in [0, 0.1) is 0 Å². The molecule has 2 aromatic carbocycles. The summed E-state index contributed by atoms with van der Waals surface area (Å²) in [6.07, 6.45) is 4.11. The molecule has 168 valence electrons. The predicted molar refractivity (Wildman–Crippen MR) is 120 cm³/mol. The maximum absolute atomic E-state index is 12.9. The van der Waals surface area contributed by atoms with Gasteiger partial charge < -0.3 is 19.5 Å². The van der Waals surface area contributed by atoms with Crippen LogP contribution < -0.4 is 19.4 Å². The molecule has 0 saturated heterocycles. The first-order valence-corrected chi connectivity index (χ1v) is 11.3. The molecule has 2 unspecified atom stereocenters. The summed E-state index contributed by atoms with van der Waals surface area (Å²) in [5, 5.41) is 3.25. The summed E-state index contributed by atoms with van der Waals surface area (Å²) >= 11 is 0. The number of amides is 1. The molecule has 32 heavy (non-hydrogen) atoms. The van der Waals surface area contributed by atoms with Crippen molar-refractivity contribution in [2.24, 2.45) is 7.05 Å². The van der Waals surface area contributed by atoms with Gasteiger partial charge in [0.1, 0.15) is 13.2 Å². The molecule has 2 atom stereocenters. The smallest absolute Gasteiger partial charge is 0.258 e. The van der Waals surface area contributed by atoms with Gasteiger partial charge in [0.05, 0.1) is 19.6 Å². The molecule has 0 radical (unpaired) electrons. The number of carbonyl (C=O) groups is 1. The molecular formula is C25H30N3O4+. The number of methoxy groups -OCH3 is 1. The van der Waals surface area contributed by atoms with E-state index in [1.54, 1.807) is 19.2 Å². The zero-order valence-corrected chi connectivity index (χ0v) is 18.6. The zero-order valence-electron chi connectivity index (χ0n) is 18.6. The number of rotatable bonds is 5. The van der Waals surface area contributed by atoms with Gasteiger partial charge >= 0.3 is 0 Å². The molecule has 5 rings (SSSR count). The molecule has 1 aliphatic carbocycles. The van der Waals surface area contributed by atoms with E-state index < -0.39 is 0 Å². The van der Waals surface area contributed by atoms with Crippen molar-refractivity contribution in [3.05, 3.63) is 53.3 Å². The Hall–Kier alpha value is -3.06. The Morgan fingerprint density at radius 3 is 2.84 bits per heavy atom. The fourth-order valence-corrected chi connectivity index (χ4v) is 4.98. The normalized spacial score (nSPS) is 20.3. The molecule has 1 amide bonds. The molecule has 0 bridgehead atoms. The number of H-pyrrole nitrogens is 1. The van der Waals surface area contributed by atoms with Crippen molar-refractivity contribution in [1.29, 1.82) is 0 Å². The van der Waals surface area contributed by atoms with Gasteiger partial charge in [-0.05, 0) is 55.2 Å². The van der Waals surface area contributed by atoms with Crippen LogP contribution in [0.1, 0.15) is 53.3 Å². The highest BCUT2D eigenvalue weighted by Gasteiger charge is 2.32. The quantitative estimate of drug-likeness (QED) is 0.602. The first-order valence-electron chi connectivity index (χ1n) is 11.3. The molecule has 3 aromatic rings. The molecule has 1 fully saturated rings. The predicted octanol–water partition coefficient (Wildman–Crippen LogP) is 3.37. The Morgan fingerprint density at radius 1 is 1.16 bits per heavy atom. The number of imidazole rings is 1. The van der Waals surface area contributed by atoms with Crippen molar-refractivity contribution >= 4 is 16.9 Å². The van der Waals surface area contributed by atoms with Gasteiger partial charge in [0.15, 0.2) is 22.5 Å². The summed E-state index contributed by atoms with van der Waals surface area (Å²) in [5.74, 6) is 2.87. The topological polar surface area (TPSA) is 76.5 Å². The second-order valence-electron chi connectivity index (χ2n) is 8.75. The molecule has 1 aliphatic heterocycles. The largest absolute Gasteiger partial charge is 0.486 e. The minimum Gasteiger partial charge on any atom is -0.486 e. The van der Waals surface area contributed by atoms with Gasteiger partial charge in [0, 0.05) is 18.7 Å². The summed E-state index contributed by atoms with van der Waals surface area (Å²) in [6.45, 7) is 1.66. The van der Waals surface area contributed by atoms with Crippen molar-refractivity contribution in [2.75, 3.05) is 20.3 Å². The molecule has 2 heterocycles. The molecule has 1 aromatic heterocycles. The third kappa shape index (κ3) is 4.05. The Morgan fingerprint density at radius 2 is 2.00 bits per heavy atom. The fraction of sp³-hybridized carbons (Fsp3) is 0.440. The number of hydrogen-bond acceptors (Lipinski definition) is 4. The van der Waals surface area contributed by atoms with Crippen LogP contribution in [0.15, 0.2) is 36.4 Å². The van der Waals surface area contributed by atoms with Crippen LogP contribution in [0.25, 0.3) is 11.0 Å². The molecule has 2 aliphatic rings. The Labute approximate surface area is 187 Å². The van der Waals surface area contributed by atoms with Crippen molar-refractivity contribution < 1.29 is 23.6 Å². The zero-order chi connectivity index (χ0) is 22.1.